The monoisotopic (exact) mass is 430 g/mol. The summed E-state index contributed by atoms with van der Waals surface area (Å²) in [6.07, 6.45) is 0.948. The molecule has 2 aromatic carbocycles. The Labute approximate surface area is 186 Å². The van der Waals surface area contributed by atoms with Gasteiger partial charge in [-0.25, -0.2) is 4.98 Å². The van der Waals surface area contributed by atoms with E-state index in [2.05, 4.69) is 62.3 Å². The molecule has 2 heterocycles. The Morgan fingerprint density at radius 2 is 1.81 bits per heavy atom. The van der Waals surface area contributed by atoms with Crippen LogP contribution in [0.15, 0.2) is 48.5 Å². The summed E-state index contributed by atoms with van der Waals surface area (Å²) >= 11 is 1.43. The second kappa shape index (κ2) is 8.19. The number of carbonyl (C=O) groups is 1. The van der Waals surface area contributed by atoms with Crippen molar-refractivity contribution in [1.29, 1.82) is 0 Å². The maximum Gasteiger partial charge on any atom is 0.258 e. The summed E-state index contributed by atoms with van der Waals surface area (Å²) in [6.45, 7) is 10.5. The molecule has 5 nitrogen and oxygen atoms in total. The van der Waals surface area contributed by atoms with Crippen LogP contribution in [-0.2, 0) is 5.41 Å². The normalized spacial score (nSPS) is 11.6. The van der Waals surface area contributed by atoms with Gasteiger partial charge in [0.15, 0.2) is 0 Å². The van der Waals surface area contributed by atoms with Gasteiger partial charge in [0.05, 0.1) is 16.8 Å². The van der Waals surface area contributed by atoms with Crippen molar-refractivity contribution >= 4 is 33.3 Å². The van der Waals surface area contributed by atoms with Crippen LogP contribution in [0.3, 0.4) is 0 Å². The van der Waals surface area contributed by atoms with Gasteiger partial charge in [0.1, 0.15) is 5.01 Å². The quantitative estimate of drug-likeness (QED) is 0.403. The minimum absolute atomic E-state index is 0.0690. The predicted molar refractivity (Wildman–Crippen MR) is 128 cm³/mol. The second-order valence-electron chi connectivity index (χ2n) is 8.48. The van der Waals surface area contributed by atoms with Crippen LogP contribution in [0.4, 0.5) is 5.13 Å². The Bertz CT molecular complexity index is 1280. The highest BCUT2D eigenvalue weighted by Crippen LogP contribution is 2.32. The number of aromatic nitrogens is 3. The molecule has 0 fully saturated rings. The molecule has 0 aliphatic heterocycles. The molecule has 0 saturated carbocycles. The molecule has 0 saturated heterocycles. The molecule has 1 N–H and O–H groups in total. The topological polar surface area (TPSA) is 67.8 Å². The number of para-hydroxylation sites is 1. The first kappa shape index (κ1) is 21.1. The number of fused-ring (bicyclic) bond motifs is 1. The Balaban J connectivity index is 1.74. The molecule has 0 aliphatic rings. The van der Waals surface area contributed by atoms with E-state index in [9.17, 15) is 4.79 Å². The van der Waals surface area contributed by atoms with Crippen molar-refractivity contribution in [1.82, 2.24) is 15.2 Å². The van der Waals surface area contributed by atoms with Gasteiger partial charge in [-0.05, 0) is 49.6 Å². The number of anilines is 1. The van der Waals surface area contributed by atoms with E-state index in [1.165, 1.54) is 22.5 Å². The van der Waals surface area contributed by atoms with Gasteiger partial charge in [0, 0.05) is 16.4 Å². The van der Waals surface area contributed by atoms with E-state index in [0.29, 0.717) is 10.7 Å². The number of carbonyl (C=O) groups excluding carboxylic acids is 1. The zero-order valence-electron chi connectivity index (χ0n) is 18.5. The Kier molecular flexibility index (Phi) is 5.58. The van der Waals surface area contributed by atoms with Gasteiger partial charge in [-0.3, -0.25) is 10.1 Å². The van der Waals surface area contributed by atoms with Crippen molar-refractivity contribution in [2.45, 2.75) is 46.5 Å². The number of hydrogen-bond donors (Lipinski definition) is 1. The summed E-state index contributed by atoms with van der Waals surface area (Å²) in [5, 5.41) is 13.7. The van der Waals surface area contributed by atoms with E-state index < -0.39 is 0 Å². The molecule has 4 rings (SSSR count). The molecule has 0 unspecified atom stereocenters. The van der Waals surface area contributed by atoms with Gasteiger partial charge < -0.3 is 0 Å². The number of hydrogen-bond acceptors (Lipinski definition) is 5. The Hall–Kier alpha value is -3.12. The van der Waals surface area contributed by atoms with Gasteiger partial charge in [0.2, 0.25) is 5.13 Å². The number of aryl methyl sites for hydroxylation is 2. The van der Waals surface area contributed by atoms with Crippen LogP contribution >= 0.6 is 11.3 Å². The molecule has 0 radical (unpaired) electrons. The lowest BCUT2D eigenvalue weighted by atomic mass is 9.91. The van der Waals surface area contributed by atoms with Crippen molar-refractivity contribution in [2.75, 3.05) is 5.32 Å². The van der Waals surface area contributed by atoms with Crippen LogP contribution in [0.1, 0.15) is 53.7 Å². The van der Waals surface area contributed by atoms with Crippen LogP contribution in [0, 0.1) is 13.8 Å². The predicted octanol–water partition coefficient (Wildman–Crippen LogP) is 6.31. The molecule has 0 bridgehead atoms. The molecule has 2 aromatic heterocycles. The summed E-state index contributed by atoms with van der Waals surface area (Å²) in [4.78, 5) is 18.1. The summed E-state index contributed by atoms with van der Waals surface area (Å²) in [5.41, 5.74) is 5.48. The van der Waals surface area contributed by atoms with E-state index in [0.717, 1.165) is 33.6 Å². The highest BCUT2D eigenvalue weighted by Gasteiger charge is 2.24. The first-order chi connectivity index (χ1) is 14.8. The molecule has 0 atom stereocenters. The van der Waals surface area contributed by atoms with E-state index in [1.807, 2.05) is 36.4 Å². The number of benzene rings is 2. The van der Waals surface area contributed by atoms with Crippen molar-refractivity contribution in [3.05, 3.63) is 70.2 Å². The standard InChI is InChI=1S/C25H26N4OS/c1-6-25(4,5)23-28-29-24(31-23)27-22(30)19-14-21(17-12-11-15(2)16(3)13-17)26-20-10-8-7-9-18(19)20/h7-14H,6H2,1-5H3,(H,27,29,30). The molecule has 0 aliphatic carbocycles. The van der Waals surface area contributed by atoms with Crippen LogP contribution < -0.4 is 5.32 Å². The Morgan fingerprint density at radius 1 is 1.03 bits per heavy atom. The zero-order valence-corrected chi connectivity index (χ0v) is 19.3. The SMILES string of the molecule is CCC(C)(C)c1nnc(NC(=O)c2cc(-c3ccc(C)c(C)c3)nc3ccccc23)s1. The Morgan fingerprint density at radius 3 is 2.55 bits per heavy atom. The third kappa shape index (κ3) is 4.21. The number of nitrogens with zero attached hydrogens (tertiary/aromatic N) is 3. The van der Waals surface area contributed by atoms with E-state index in [4.69, 9.17) is 4.98 Å². The second-order valence-corrected chi connectivity index (χ2v) is 9.45. The smallest absolute Gasteiger partial charge is 0.258 e. The van der Waals surface area contributed by atoms with Crippen LogP contribution in [0.25, 0.3) is 22.2 Å². The van der Waals surface area contributed by atoms with Gasteiger partial charge in [0.25, 0.3) is 5.91 Å². The zero-order chi connectivity index (χ0) is 22.2. The third-order valence-corrected chi connectivity index (χ3v) is 7.08. The number of pyridine rings is 1. The minimum Gasteiger partial charge on any atom is -0.296 e. The fraction of sp³-hybridized carbons (Fsp3) is 0.280. The molecular weight excluding hydrogens is 404 g/mol. The fourth-order valence-corrected chi connectivity index (χ4v) is 4.19. The summed E-state index contributed by atoms with van der Waals surface area (Å²) in [5.74, 6) is -0.208. The lowest BCUT2D eigenvalue weighted by Crippen LogP contribution is -2.14. The molecular formula is C25H26N4OS. The largest absolute Gasteiger partial charge is 0.296 e. The summed E-state index contributed by atoms with van der Waals surface area (Å²) in [7, 11) is 0. The molecule has 158 valence electrons. The van der Waals surface area contributed by atoms with Crippen LogP contribution in [0.2, 0.25) is 0 Å². The maximum absolute atomic E-state index is 13.3. The van der Waals surface area contributed by atoms with Crippen molar-refractivity contribution in [3.63, 3.8) is 0 Å². The number of nitrogens with one attached hydrogen (secondary N) is 1. The highest BCUT2D eigenvalue weighted by atomic mass is 32.1. The number of rotatable bonds is 5. The van der Waals surface area contributed by atoms with Crippen molar-refractivity contribution in [3.8, 4) is 11.3 Å². The van der Waals surface area contributed by atoms with Crippen molar-refractivity contribution < 1.29 is 4.79 Å². The lowest BCUT2D eigenvalue weighted by molar-refractivity contribution is 0.102. The molecule has 6 heteroatoms. The first-order valence-corrected chi connectivity index (χ1v) is 11.2. The van der Waals surface area contributed by atoms with Crippen LogP contribution in [-0.4, -0.2) is 21.1 Å². The van der Waals surface area contributed by atoms with Gasteiger partial charge in [-0.1, -0.05) is 62.4 Å². The van der Waals surface area contributed by atoms with E-state index in [-0.39, 0.29) is 11.3 Å². The van der Waals surface area contributed by atoms with Gasteiger partial charge in [-0.15, -0.1) is 10.2 Å². The summed E-state index contributed by atoms with van der Waals surface area (Å²) < 4.78 is 0. The first-order valence-electron chi connectivity index (χ1n) is 10.4. The molecule has 0 spiro atoms. The van der Waals surface area contributed by atoms with E-state index in [1.54, 1.807) is 0 Å². The minimum atomic E-state index is -0.208. The summed E-state index contributed by atoms with van der Waals surface area (Å²) in [6, 6.07) is 15.8. The molecule has 1 amide bonds. The van der Waals surface area contributed by atoms with Crippen molar-refractivity contribution in [2.24, 2.45) is 0 Å². The fourth-order valence-electron chi connectivity index (χ4n) is 3.27. The van der Waals surface area contributed by atoms with Gasteiger partial charge in [-0.2, -0.15) is 0 Å². The van der Waals surface area contributed by atoms with E-state index >= 15 is 0 Å². The van der Waals surface area contributed by atoms with Crippen LogP contribution in [0.5, 0.6) is 0 Å². The molecule has 31 heavy (non-hydrogen) atoms. The maximum atomic E-state index is 13.3. The average Bonchev–Trinajstić information content (AvgIpc) is 3.24. The average molecular weight is 431 g/mol. The third-order valence-electron chi connectivity index (χ3n) is 5.87. The lowest BCUT2D eigenvalue weighted by Gasteiger charge is -2.17. The highest BCUT2D eigenvalue weighted by molar-refractivity contribution is 7.15. The molecule has 4 aromatic rings. The number of amides is 1. The van der Waals surface area contributed by atoms with Gasteiger partial charge >= 0.3 is 0 Å².